The van der Waals surface area contributed by atoms with Gasteiger partial charge in [0, 0.05) is 26.2 Å². The second kappa shape index (κ2) is 12.9. The Kier molecular flexibility index (Phi) is 12.8. The number of nitrogens with zero attached hydrogens (tertiary/aromatic N) is 1. The van der Waals surface area contributed by atoms with Crippen LogP contribution in [0.4, 0.5) is 13.2 Å². The van der Waals surface area contributed by atoms with Crippen LogP contribution in [-0.4, -0.2) is 65.2 Å². The van der Waals surface area contributed by atoms with Gasteiger partial charge in [0.25, 0.3) is 0 Å². The summed E-state index contributed by atoms with van der Waals surface area (Å²) < 4.78 is 68.2. The van der Waals surface area contributed by atoms with Gasteiger partial charge in [-0.2, -0.15) is 13.2 Å². The first kappa shape index (κ1) is 25.7. The second-order valence-electron chi connectivity index (χ2n) is 5.71. The van der Waals surface area contributed by atoms with Crippen LogP contribution < -0.4 is 15.4 Å². The lowest BCUT2D eigenvalue weighted by Gasteiger charge is -2.22. The lowest BCUT2D eigenvalue weighted by molar-refractivity contribution is -0.132. The third-order valence-corrected chi connectivity index (χ3v) is 4.83. The Morgan fingerprint density at radius 1 is 1.27 bits per heavy atom. The van der Waals surface area contributed by atoms with Crippen molar-refractivity contribution >= 4 is 40.0 Å². The Morgan fingerprint density at radius 2 is 2.00 bits per heavy atom. The maximum Gasteiger partial charge on any atom is 0.390 e. The van der Waals surface area contributed by atoms with Gasteiger partial charge in [-0.25, -0.2) is 13.1 Å². The van der Waals surface area contributed by atoms with Gasteiger partial charge in [0.05, 0.1) is 24.8 Å². The van der Waals surface area contributed by atoms with E-state index in [1.165, 1.54) is 0 Å². The average molecular weight is 516 g/mol. The van der Waals surface area contributed by atoms with Gasteiger partial charge in [0.15, 0.2) is 5.96 Å². The van der Waals surface area contributed by atoms with Gasteiger partial charge in [0.1, 0.15) is 0 Å². The standard InChI is InChI=1S/C14H27F3N4O3S.HI/c1-2-18-13(19-7-6-14(15,16)17)20-8-10-25(22,23)21-11-12-5-3-4-9-24-12;/h12,21H,2-11H2,1H3,(H2,18,19,20);1H. The number of aliphatic imine (C=N–C) groups is 1. The molecule has 0 aromatic rings. The fourth-order valence-corrected chi connectivity index (χ4v) is 3.16. The number of hydrogen-bond donors (Lipinski definition) is 3. The smallest absolute Gasteiger partial charge is 0.377 e. The number of ether oxygens (including phenoxy) is 1. The van der Waals surface area contributed by atoms with Crippen LogP contribution in [0.25, 0.3) is 0 Å². The van der Waals surface area contributed by atoms with Crippen molar-refractivity contribution in [2.45, 2.75) is 44.9 Å². The first-order valence-corrected chi connectivity index (χ1v) is 10.0. The molecule has 0 amide bonds. The Bertz CT molecular complexity index is 512. The van der Waals surface area contributed by atoms with Crippen LogP contribution in [0.15, 0.2) is 4.99 Å². The Labute approximate surface area is 170 Å². The molecule has 1 unspecified atom stereocenters. The van der Waals surface area contributed by atoms with Crippen molar-refractivity contribution in [3.05, 3.63) is 0 Å². The van der Waals surface area contributed by atoms with Crippen LogP contribution in [0.2, 0.25) is 0 Å². The SMILES string of the molecule is CCNC(=NCCC(F)(F)F)NCCS(=O)(=O)NCC1CCCCO1.I. The zero-order chi connectivity index (χ0) is 18.8. The molecule has 26 heavy (non-hydrogen) atoms. The molecule has 1 saturated heterocycles. The predicted molar refractivity (Wildman–Crippen MR) is 105 cm³/mol. The van der Waals surface area contributed by atoms with E-state index in [1.54, 1.807) is 6.92 Å². The van der Waals surface area contributed by atoms with Gasteiger partial charge in [-0.15, -0.1) is 24.0 Å². The number of halogens is 4. The number of nitrogens with one attached hydrogen (secondary N) is 3. The summed E-state index contributed by atoms with van der Waals surface area (Å²) in [6, 6.07) is 0. The number of hydrogen-bond acceptors (Lipinski definition) is 4. The van der Waals surface area contributed by atoms with E-state index in [0.29, 0.717) is 13.2 Å². The normalized spacial score (nSPS) is 18.9. The average Bonchev–Trinajstić information content (AvgIpc) is 2.53. The highest BCUT2D eigenvalue weighted by molar-refractivity contribution is 14.0. The van der Waals surface area contributed by atoms with E-state index in [4.69, 9.17) is 4.74 Å². The molecular weight excluding hydrogens is 488 g/mol. The molecule has 7 nitrogen and oxygen atoms in total. The summed E-state index contributed by atoms with van der Waals surface area (Å²) in [5.74, 6) is -0.0405. The number of rotatable bonds is 9. The minimum Gasteiger partial charge on any atom is -0.377 e. The maximum absolute atomic E-state index is 12.1. The first-order valence-electron chi connectivity index (χ1n) is 8.40. The number of sulfonamides is 1. The van der Waals surface area contributed by atoms with E-state index in [-0.39, 0.29) is 54.9 Å². The van der Waals surface area contributed by atoms with Crippen molar-refractivity contribution in [2.24, 2.45) is 4.99 Å². The number of alkyl halides is 3. The number of guanidine groups is 1. The van der Waals surface area contributed by atoms with E-state index in [9.17, 15) is 21.6 Å². The zero-order valence-electron chi connectivity index (χ0n) is 14.8. The summed E-state index contributed by atoms with van der Waals surface area (Å²) >= 11 is 0. The van der Waals surface area contributed by atoms with Crippen LogP contribution in [0, 0.1) is 0 Å². The molecule has 0 spiro atoms. The maximum atomic E-state index is 12.1. The highest BCUT2D eigenvalue weighted by atomic mass is 127. The van der Waals surface area contributed by atoms with Gasteiger partial charge in [-0.3, -0.25) is 4.99 Å². The third-order valence-electron chi connectivity index (χ3n) is 3.48. The summed E-state index contributed by atoms with van der Waals surface area (Å²) in [5, 5.41) is 5.50. The van der Waals surface area contributed by atoms with Crippen molar-refractivity contribution in [2.75, 3.05) is 38.5 Å². The Hall–Kier alpha value is -0.340. The molecule has 1 aliphatic rings. The molecule has 1 fully saturated rings. The van der Waals surface area contributed by atoms with Crippen LogP contribution in [0.3, 0.4) is 0 Å². The minimum absolute atomic E-state index is 0. The van der Waals surface area contributed by atoms with Gasteiger partial charge in [0.2, 0.25) is 10.0 Å². The molecule has 156 valence electrons. The highest BCUT2D eigenvalue weighted by Crippen LogP contribution is 2.18. The van der Waals surface area contributed by atoms with E-state index in [2.05, 4.69) is 20.3 Å². The van der Waals surface area contributed by atoms with Gasteiger partial charge >= 0.3 is 6.18 Å². The summed E-state index contributed by atoms with van der Waals surface area (Å²) in [6.07, 6.45) is -2.54. The van der Waals surface area contributed by atoms with E-state index in [1.807, 2.05) is 0 Å². The second-order valence-corrected chi connectivity index (χ2v) is 7.63. The lowest BCUT2D eigenvalue weighted by atomic mass is 10.1. The fraction of sp³-hybridized carbons (Fsp3) is 0.929. The monoisotopic (exact) mass is 516 g/mol. The Balaban J connectivity index is 0.00000625. The van der Waals surface area contributed by atoms with Crippen LogP contribution >= 0.6 is 24.0 Å². The van der Waals surface area contributed by atoms with Gasteiger partial charge in [-0.1, -0.05) is 0 Å². The molecule has 0 bridgehead atoms. The van der Waals surface area contributed by atoms with Gasteiger partial charge < -0.3 is 15.4 Å². The largest absolute Gasteiger partial charge is 0.390 e. The van der Waals surface area contributed by atoms with E-state index in [0.717, 1.165) is 19.3 Å². The molecule has 12 heteroatoms. The van der Waals surface area contributed by atoms with Crippen LogP contribution in [-0.2, 0) is 14.8 Å². The van der Waals surface area contributed by atoms with Crippen LogP contribution in [0.1, 0.15) is 32.6 Å². The molecule has 1 rings (SSSR count). The van der Waals surface area contributed by atoms with E-state index >= 15 is 0 Å². The summed E-state index contributed by atoms with van der Waals surface area (Å²) in [4.78, 5) is 3.78. The minimum atomic E-state index is -4.27. The molecule has 0 radical (unpaired) electrons. The predicted octanol–water partition coefficient (Wildman–Crippen LogP) is 1.60. The molecule has 1 atom stereocenters. The molecule has 0 saturated carbocycles. The van der Waals surface area contributed by atoms with Crippen molar-refractivity contribution < 1.29 is 26.3 Å². The third kappa shape index (κ3) is 12.9. The fourth-order valence-electron chi connectivity index (χ4n) is 2.20. The Morgan fingerprint density at radius 3 is 2.58 bits per heavy atom. The van der Waals surface area contributed by atoms with Crippen LogP contribution in [0.5, 0.6) is 0 Å². The molecule has 0 aromatic heterocycles. The molecule has 0 aliphatic carbocycles. The molecular formula is C14H28F3IN4O3S. The summed E-state index contributed by atoms with van der Waals surface area (Å²) in [6.45, 7) is 2.74. The first-order chi connectivity index (χ1) is 11.7. The van der Waals surface area contributed by atoms with Crippen molar-refractivity contribution in [3.63, 3.8) is 0 Å². The molecule has 1 aliphatic heterocycles. The summed E-state index contributed by atoms with van der Waals surface area (Å²) in [7, 11) is -3.49. The van der Waals surface area contributed by atoms with Crippen molar-refractivity contribution in [1.29, 1.82) is 0 Å². The van der Waals surface area contributed by atoms with E-state index < -0.39 is 29.2 Å². The molecule has 1 heterocycles. The topological polar surface area (TPSA) is 91.8 Å². The molecule has 0 aromatic carbocycles. The van der Waals surface area contributed by atoms with Gasteiger partial charge in [-0.05, 0) is 26.2 Å². The quantitative estimate of drug-likeness (QED) is 0.246. The lowest BCUT2D eigenvalue weighted by Crippen LogP contribution is -2.42. The molecule has 3 N–H and O–H groups in total. The van der Waals surface area contributed by atoms with Crippen molar-refractivity contribution in [3.8, 4) is 0 Å². The highest BCUT2D eigenvalue weighted by Gasteiger charge is 2.26. The summed E-state index contributed by atoms with van der Waals surface area (Å²) in [5.41, 5.74) is 0. The van der Waals surface area contributed by atoms with Crippen molar-refractivity contribution in [1.82, 2.24) is 15.4 Å². The zero-order valence-corrected chi connectivity index (χ0v) is 17.9.